The first-order valence-electron chi connectivity index (χ1n) is 16.6. The molecule has 6 aromatic rings. The van der Waals surface area contributed by atoms with Crippen LogP contribution in [-0.4, -0.2) is 31.1 Å². The van der Waals surface area contributed by atoms with Gasteiger partial charge in [-0.3, -0.25) is 0 Å². The fourth-order valence-corrected chi connectivity index (χ4v) is 9.22. The Hall–Kier alpha value is -4.46. The highest BCUT2D eigenvalue weighted by molar-refractivity contribution is 6.89. The van der Waals surface area contributed by atoms with Crippen LogP contribution in [0.4, 0.5) is 0 Å². The van der Waals surface area contributed by atoms with Crippen molar-refractivity contribution in [2.45, 2.75) is 58.5 Å². The second kappa shape index (κ2) is 11.4. The zero-order valence-electron chi connectivity index (χ0n) is 28.8. The lowest BCUT2D eigenvalue weighted by Gasteiger charge is -2.21. The molecular formula is C42H43N3Si2. The molecule has 47 heavy (non-hydrogen) atoms. The lowest BCUT2D eigenvalue weighted by Crippen LogP contribution is -2.37. The minimum atomic E-state index is -1.44. The molecule has 0 amide bonds. The summed E-state index contributed by atoms with van der Waals surface area (Å²) in [4.78, 5) is 15.5. The van der Waals surface area contributed by atoms with E-state index in [4.69, 9.17) is 15.0 Å². The topological polar surface area (TPSA) is 38.7 Å². The van der Waals surface area contributed by atoms with Crippen molar-refractivity contribution in [1.29, 1.82) is 0 Å². The molecule has 3 nitrogen and oxygen atoms in total. The first kappa shape index (κ1) is 31.2. The molecule has 1 heterocycles. The molecule has 1 aliphatic rings. The Balaban J connectivity index is 1.43. The van der Waals surface area contributed by atoms with Gasteiger partial charge >= 0.3 is 0 Å². The highest BCUT2D eigenvalue weighted by Crippen LogP contribution is 2.52. The Morgan fingerprint density at radius 3 is 1.36 bits per heavy atom. The molecule has 5 aromatic carbocycles. The van der Waals surface area contributed by atoms with Gasteiger partial charge in [0.25, 0.3) is 0 Å². The van der Waals surface area contributed by atoms with E-state index in [1.54, 1.807) is 0 Å². The molecule has 0 radical (unpaired) electrons. The average Bonchev–Trinajstić information content (AvgIpc) is 3.30. The maximum Gasteiger partial charge on any atom is 0.164 e. The van der Waals surface area contributed by atoms with Crippen molar-refractivity contribution in [2.75, 3.05) is 0 Å². The summed E-state index contributed by atoms with van der Waals surface area (Å²) in [7, 11) is -2.89. The van der Waals surface area contributed by atoms with E-state index in [2.05, 4.69) is 168 Å². The smallest absolute Gasteiger partial charge is 0.164 e. The van der Waals surface area contributed by atoms with Crippen LogP contribution in [0.5, 0.6) is 0 Å². The Morgan fingerprint density at radius 2 is 0.830 bits per heavy atom. The van der Waals surface area contributed by atoms with Gasteiger partial charge in [0.15, 0.2) is 17.5 Å². The van der Waals surface area contributed by atoms with Crippen molar-refractivity contribution in [1.82, 2.24) is 15.0 Å². The molecule has 1 aromatic heterocycles. The number of hydrogen-bond acceptors (Lipinski definition) is 3. The number of aromatic nitrogens is 3. The standard InChI is InChI=1S/C42H43N3Si2/c1-42(2)36-18-12-11-16-35(36)38-33(17-13-19-37(38)42)32-14-9-10-15-34(32)41-44-39(28-20-24-30(25-21-28)46(3,4)5)43-40(45-41)29-22-26-31(27-23-29)47(6,7)8/h9-27H,1-8H3. The van der Waals surface area contributed by atoms with Crippen molar-refractivity contribution in [3.63, 3.8) is 0 Å². The Morgan fingerprint density at radius 1 is 0.404 bits per heavy atom. The summed E-state index contributed by atoms with van der Waals surface area (Å²) in [5.41, 5.74) is 10.6. The molecule has 234 valence electrons. The normalized spacial score (nSPS) is 13.7. The molecule has 0 N–H and O–H groups in total. The van der Waals surface area contributed by atoms with Crippen LogP contribution in [0.15, 0.2) is 115 Å². The van der Waals surface area contributed by atoms with Gasteiger partial charge in [-0.25, -0.2) is 15.0 Å². The molecule has 0 aliphatic heterocycles. The van der Waals surface area contributed by atoms with E-state index in [-0.39, 0.29) is 5.41 Å². The molecule has 0 fully saturated rings. The summed E-state index contributed by atoms with van der Waals surface area (Å²) in [6.45, 7) is 18.9. The molecule has 0 saturated carbocycles. The summed E-state index contributed by atoms with van der Waals surface area (Å²) in [6, 6.07) is 41.9. The third kappa shape index (κ3) is 5.62. The lowest BCUT2D eigenvalue weighted by molar-refractivity contribution is 0.660. The van der Waals surface area contributed by atoms with E-state index in [1.807, 2.05) is 0 Å². The number of fused-ring (bicyclic) bond motifs is 3. The molecule has 5 heteroatoms. The van der Waals surface area contributed by atoms with E-state index in [0.29, 0.717) is 17.5 Å². The van der Waals surface area contributed by atoms with Crippen molar-refractivity contribution in [2.24, 2.45) is 0 Å². The highest BCUT2D eigenvalue weighted by Gasteiger charge is 2.36. The molecule has 0 unspecified atom stereocenters. The van der Waals surface area contributed by atoms with Crippen LogP contribution < -0.4 is 10.4 Å². The summed E-state index contributed by atoms with van der Waals surface area (Å²) in [5.74, 6) is 2.08. The quantitative estimate of drug-likeness (QED) is 0.169. The van der Waals surface area contributed by atoms with Crippen LogP contribution in [0.3, 0.4) is 0 Å². The zero-order valence-corrected chi connectivity index (χ0v) is 30.8. The monoisotopic (exact) mass is 645 g/mol. The highest BCUT2D eigenvalue weighted by atomic mass is 28.3. The Labute approximate surface area is 281 Å². The lowest BCUT2D eigenvalue weighted by atomic mass is 9.82. The minimum Gasteiger partial charge on any atom is -0.208 e. The predicted molar refractivity (Wildman–Crippen MR) is 205 cm³/mol. The largest absolute Gasteiger partial charge is 0.208 e. The summed E-state index contributed by atoms with van der Waals surface area (Å²) < 4.78 is 0. The van der Waals surface area contributed by atoms with E-state index >= 15 is 0 Å². The third-order valence-corrected chi connectivity index (χ3v) is 13.9. The molecule has 0 spiro atoms. The van der Waals surface area contributed by atoms with Crippen LogP contribution in [0, 0.1) is 0 Å². The second-order valence-electron chi connectivity index (χ2n) is 15.4. The van der Waals surface area contributed by atoms with Gasteiger partial charge in [0.2, 0.25) is 0 Å². The summed E-state index contributed by atoms with van der Waals surface area (Å²) in [5, 5.41) is 2.84. The van der Waals surface area contributed by atoms with E-state index < -0.39 is 16.1 Å². The molecule has 7 rings (SSSR count). The maximum atomic E-state index is 5.20. The molecular weight excluding hydrogens is 603 g/mol. The van der Waals surface area contributed by atoms with Crippen molar-refractivity contribution in [3.05, 3.63) is 126 Å². The van der Waals surface area contributed by atoms with Crippen LogP contribution in [-0.2, 0) is 5.41 Å². The van der Waals surface area contributed by atoms with Crippen LogP contribution in [0.2, 0.25) is 39.3 Å². The van der Waals surface area contributed by atoms with E-state index in [1.165, 1.54) is 38.2 Å². The Bertz CT molecular complexity index is 2040. The van der Waals surface area contributed by atoms with Gasteiger partial charge in [0.1, 0.15) is 0 Å². The fraction of sp³-hybridized carbons (Fsp3) is 0.214. The SMILES string of the molecule is CC1(C)c2ccccc2-c2c(-c3ccccc3-c3nc(-c4ccc([Si](C)(C)C)cc4)nc(-c4ccc([Si](C)(C)C)cc4)n3)cccc21. The maximum absolute atomic E-state index is 5.20. The first-order valence-corrected chi connectivity index (χ1v) is 23.6. The van der Waals surface area contributed by atoms with Gasteiger partial charge in [-0.15, -0.1) is 0 Å². The van der Waals surface area contributed by atoms with E-state index in [0.717, 1.165) is 22.3 Å². The number of hydrogen-bond donors (Lipinski definition) is 0. The first-order chi connectivity index (χ1) is 22.3. The van der Waals surface area contributed by atoms with E-state index in [9.17, 15) is 0 Å². The second-order valence-corrected chi connectivity index (χ2v) is 25.6. The minimum absolute atomic E-state index is 0.0749. The number of benzene rings is 5. The summed E-state index contributed by atoms with van der Waals surface area (Å²) >= 11 is 0. The fourth-order valence-electron chi connectivity index (χ4n) is 6.89. The van der Waals surface area contributed by atoms with Crippen molar-refractivity contribution >= 4 is 26.5 Å². The van der Waals surface area contributed by atoms with Crippen LogP contribution in [0.1, 0.15) is 25.0 Å². The average molecular weight is 646 g/mol. The van der Waals surface area contributed by atoms with Gasteiger partial charge in [-0.05, 0) is 33.4 Å². The molecule has 0 atom stereocenters. The number of rotatable bonds is 6. The van der Waals surface area contributed by atoms with Crippen molar-refractivity contribution < 1.29 is 0 Å². The van der Waals surface area contributed by atoms with Crippen LogP contribution >= 0.6 is 0 Å². The predicted octanol–water partition coefficient (Wildman–Crippen LogP) is 9.94. The van der Waals surface area contributed by atoms with Gasteiger partial charge in [0, 0.05) is 22.1 Å². The van der Waals surface area contributed by atoms with Crippen molar-refractivity contribution in [3.8, 4) is 56.4 Å². The number of nitrogens with zero attached hydrogens (tertiary/aromatic N) is 3. The molecule has 0 saturated heterocycles. The third-order valence-electron chi connectivity index (χ3n) is 9.72. The van der Waals surface area contributed by atoms with Gasteiger partial charge < -0.3 is 0 Å². The molecule has 1 aliphatic carbocycles. The Kier molecular flexibility index (Phi) is 7.53. The zero-order chi connectivity index (χ0) is 33.1. The van der Waals surface area contributed by atoms with Gasteiger partial charge in [-0.1, -0.05) is 179 Å². The van der Waals surface area contributed by atoms with Gasteiger partial charge in [-0.2, -0.15) is 0 Å². The molecule has 0 bridgehead atoms. The van der Waals surface area contributed by atoms with Gasteiger partial charge in [0.05, 0.1) is 16.1 Å². The van der Waals surface area contributed by atoms with Crippen LogP contribution in [0.25, 0.3) is 56.4 Å². The summed E-state index contributed by atoms with van der Waals surface area (Å²) in [6.07, 6.45) is 0.